The SMILES string of the molecule is O=C([C@H]1CC[C@H](OCC(F)(F)F)CC1)N1Cc2cccnc2Nc2ccc(N3CCOCC3)cc21. The maximum absolute atomic E-state index is 13.8. The van der Waals surface area contributed by atoms with E-state index in [1.807, 2.05) is 30.3 Å². The predicted molar refractivity (Wildman–Crippen MR) is 126 cm³/mol. The van der Waals surface area contributed by atoms with E-state index in [1.165, 1.54) is 0 Å². The third-order valence-corrected chi connectivity index (χ3v) is 6.89. The van der Waals surface area contributed by atoms with E-state index >= 15 is 0 Å². The highest BCUT2D eigenvalue weighted by atomic mass is 19.4. The van der Waals surface area contributed by atoms with Crippen molar-refractivity contribution in [1.29, 1.82) is 0 Å². The zero-order chi connectivity index (χ0) is 24.4. The summed E-state index contributed by atoms with van der Waals surface area (Å²) in [5.74, 6) is 0.435. The lowest BCUT2D eigenvalue weighted by molar-refractivity contribution is -0.188. The minimum Gasteiger partial charge on any atom is -0.378 e. The van der Waals surface area contributed by atoms with E-state index in [2.05, 4.69) is 15.2 Å². The molecule has 0 radical (unpaired) electrons. The van der Waals surface area contributed by atoms with Crippen molar-refractivity contribution in [2.24, 2.45) is 5.92 Å². The van der Waals surface area contributed by atoms with E-state index in [9.17, 15) is 18.0 Å². The highest BCUT2D eigenvalue weighted by Crippen LogP contribution is 2.40. The molecule has 1 amide bonds. The van der Waals surface area contributed by atoms with E-state index in [-0.39, 0.29) is 11.8 Å². The Balaban J connectivity index is 1.38. The lowest BCUT2D eigenvalue weighted by atomic mass is 9.86. The number of halogens is 3. The van der Waals surface area contributed by atoms with Gasteiger partial charge in [0.15, 0.2) is 0 Å². The van der Waals surface area contributed by atoms with Crippen molar-refractivity contribution in [2.45, 2.75) is 44.5 Å². The first-order valence-electron chi connectivity index (χ1n) is 12.0. The minimum atomic E-state index is -4.34. The standard InChI is InChI=1S/C25H29F3N4O3/c26-25(27,28)16-35-20-6-3-17(4-7-20)24(33)32-15-18-2-1-9-29-23(18)30-21-8-5-19(14-22(21)32)31-10-12-34-13-11-31/h1-2,5,8-9,14,17,20H,3-4,6-7,10-13,15-16H2,(H,29,30)/t17-,20-. The third kappa shape index (κ3) is 5.54. The topological polar surface area (TPSA) is 66.9 Å². The first kappa shape index (κ1) is 23.9. The average Bonchev–Trinajstić information content (AvgIpc) is 3.04. The van der Waals surface area contributed by atoms with Crippen molar-refractivity contribution in [1.82, 2.24) is 4.98 Å². The van der Waals surface area contributed by atoms with Gasteiger partial charge in [-0.15, -0.1) is 0 Å². The molecule has 2 aliphatic heterocycles. The number of hydrogen-bond donors (Lipinski definition) is 1. The van der Waals surface area contributed by atoms with Crippen LogP contribution in [0.3, 0.4) is 0 Å². The van der Waals surface area contributed by atoms with E-state index in [0.29, 0.717) is 51.3 Å². The molecule has 7 nitrogen and oxygen atoms in total. The minimum absolute atomic E-state index is 0.0156. The van der Waals surface area contributed by atoms with E-state index in [0.717, 1.165) is 35.7 Å². The second-order valence-corrected chi connectivity index (χ2v) is 9.26. The molecule has 1 aromatic carbocycles. The molecule has 35 heavy (non-hydrogen) atoms. The summed E-state index contributed by atoms with van der Waals surface area (Å²) in [6.07, 6.45) is -1.19. The second kappa shape index (κ2) is 10.0. The van der Waals surface area contributed by atoms with Crippen LogP contribution in [-0.2, 0) is 20.8 Å². The van der Waals surface area contributed by atoms with Gasteiger partial charge in [0, 0.05) is 36.5 Å². The molecule has 0 atom stereocenters. The van der Waals surface area contributed by atoms with Crippen LogP contribution < -0.4 is 15.1 Å². The van der Waals surface area contributed by atoms with Crippen molar-refractivity contribution in [3.8, 4) is 0 Å². The van der Waals surface area contributed by atoms with Gasteiger partial charge in [-0.05, 0) is 49.9 Å². The van der Waals surface area contributed by atoms with Crippen molar-refractivity contribution in [2.75, 3.05) is 48.0 Å². The Hall–Kier alpha value is -2.85. The molecule has 2 aromatic rings. The number of nitrogens with one attached hydrogen (secondary N) is 1. The van der Waals surface area contributed by atoms with Gasteiger partial charge >= 0.3 is 6.18 Å². The molecule has 188 valence electrons. The molecule has 0 bridgehead atoms. The highest BCUT2D eigenvalue weighted by Gasteiger charge is 2.35. The number of benzene rings is 1. The molecule has 0 spiro atoms. The molecule has 1 saturated carbocycles. The van der Waals surface area contributed by atoms with Gasteiger partial charge in [0.1, 0.15) is 12.4 Å². The number of morpholine rings is 1. The largest absolute Gasteiger partial charge is 0.411 e. The van der Waals surface area contributed by atoms with Gasteiger partial charge < -0.3 is 24.6 Å². The number of anilines is 4. The lowest BCUT2D eigenvalue weighted by Gasteiger charge is -2.33. The van der Waals surface area contributed by atoms with Crippen molar-refractivity contribution in [3.05, 3.63) is 42.1 Å². The van der Waals surface area contributed by atoms with Crippen molar-refractivity contribution in [3.63, 3.8) is 0 Å². The number of alkyl halides is 3. The number of hydrogen-bond acceptors (Lipinski definition) is 6. The van der Waals surface area contributed by atoms with Crippen LogP contribution in [0.5, 0.6) is 0 Å². The quantitative estimate of drug-likeness (QED) is 0.673. The molecular formula is C25H29F3N4O3. The Kier molecular flexibility index (Phi) is 6.84. The first-order chi connectivity index (χ1) is 16.9. The molecule has 1 N–H and O–H groups in total. The first-order valence-corrected chi connectivity index (χ1v) is 12.0. The number of carbonyl (C=O) groups is 1. The summed E-state index contributed by atoms with van der Waals surface area (Å²) in [6, 6.07) is 9.85. The lowest BCUT2D eigenvalue weighted by Crippen LogP contribution is -2.39. The zero-order valence-corrected chi connectivity index (χ0v) is 19.4. The summed E-state index contributed by atoms with van der Waals surface area (Å²) >= 11 is 0. The van der Waals surface area contributed by atoms with Crippen LogP contribution in [0.15, 0.2) is 36.5 Å². The third-order valence-electron chi connectivity index (χ3n) is 6.89. The monoisotopic (exact) mass is 490 g/mol. The Morgan fingerprint density at radius 2 is 1.91 bits per heavy atom. The molecule has 2 fully saturated rings. The van der Waals surface area contributed by atoms with E-state index in [1.54, 1.807) is 11.1 Å². The summed E-state index contributed by atoms with van der Waals surface area (Å²) < 4.78 is 48.1. The summed E-state index contributed by atoms with van der Waals surface area (Å²) in [5.41, 5.74) is 3.52. The molecule has 5 rings (SSSR count). The number of nitrogens with zero attached hydrogens (tertiary/aromatic N) is 3. The van der Waals surface area contributed by atoms with Crippen molar-refractivity contribution < 1.29 is 27.4 Å². The number of ether oxygens (including phenoxy) is 2. The second-order valence-electron chi connectivity index (χ2n) is 9.26. The predicted octanol–water partition coefficient (Wildman–Crippen LogP) is 4.65. The zero-order valence-electron chi connectivity index (χ0n) is 19.4. The summed E-state index contributed by atoms with van der Waals surface area (Å²) in [6.45, 7) is 2.02. The number of amides is 1. The fraction of sp³-hybridized carbons (Fsp3) is 0.520. The van der Waals surface area contributed by atoms with Crippen LogP contribution >= 0.6 is 0 Å². The highest BCUT2D eigenvalue weighted by molar-refractivity contribution is 6.00. The number of aromatic nitrogens is 1. The van der Waals surface area contributed by atoms with Crippen LogP contribution in [-0.4, -0.2) is 56.1 Å². The molecule has 3 heterocycles. The molecule has 1 saturated heterocycles. The maximum Gasteiger partial charge on any atom is 0.411 e. The molecule has 10 heteroatoms. The molecular weight excluding hydrogens is 461 g/mol. The van der Waals surface area contributed by atoms with E-state index in [4.69, 9.17) is 9.47 Å². The molecule has 3 aliphatic rings. The van der Waals surface area contributed by atoms with Crippen LogP contribution in [0.1, 0.15) is 31.2 Å². The van der Waals surface area contributed by atoms with Gasteiger partial charge in [0.05, 0.1) is 37.2 Å². The van der Waals surface area contributed by atoms with Gasteiger partial charge in [-0.1, -0.05) is 6.07 Å². The van der Waals surface area contributed by atoms with Crippen LogP contribution in [0, 0.1) is 5.92 Å². The van der Waals surface area contributed by atoms with Crippen LogP contribution in [0.2, 0.25) is 0 Å². The Labute approximate surface area is 202 Å². The van der Waals surface area contributed by atoms with Gasteiger partial charge in [-0.25, -0.2) is 4.98 Å². The van der Waals surface area contributed by atoms with Gasteiger partial charge in [-0.3, -0.25) is 4.79 Å². The maximum atomic E-state index is 13.8. The number of pyridine rings is 1. The fourth-order valence-electron chi connectivity index (χ4n) is 5.03. The van der Waals surface area contributed by atoms with Gasteiger partial charge in [0.25, 0.3) is 0 Å². The number of carbonyl (C=O) groups excluding carboxylic acids is 1. The van der Waals surface area contributed by atoms with Gasteiger partial charge in [0.2, 0.25) is 5.91 Å². The number of fused-ring (bicyclic) bond motifs is 2. The van der Waals surface area contributed by atoms with E-state index < -0.39 is 18.9 Å². The van der Waals surface area contributed by atoms with Gasteiger partial charge in [-0.2, -0.15) is 13.2 Å². The fourth-order valence-corrected chi connectivity index (χ4v) is 5.03. The average molecular weight is 491 g/mol. The smallest absolute Gasteiger partial charge is 0.378 e. The number of rotatable bonds is 4. The molecule has 1 aliphatic carbocycles. The van der Waals surface area contributed by atoms with Crippen molar-refractivity contribution >= 4 is 28.8 Å². The molecule has 0 unspecified atom stereocenters. The summed E-state index contributed by atoms with van der Waals surface area (Å²) in [4.78, 5) is 22.3. The Morgan fingerprint density at radius 3 is 2.66 bits per heavy atom. The summed E-state index contributed by atoms with van der Waals surface area (Å²) in [7, 11) is 0. The molecule has 1 aromatic heterocycles. The van der Waals surface area contributed by atoms with Crippen LogP contribution in [0.25, 0.3) is 0 Å². The Morgan fingerprint density at radius 1 is 1.14 bits per heavy atom. The normalized spacial score (nSPS) is 22.6. The summed E-state index contributed by atoms with van der Waals surface area (Å²) in [5, 5.41) is 3.38. The Bertz CT molecular complexity index is 1050. The van der Waals surface area contributed by atoms with Crippen LogP contribution in [0.4, 0.5) is 36.1 Å².